The van der Waals surface area contributed by atoms with Crippen LogP contribution in [0.5, 0.6) is 5.75 Å². The molecule has 0 aromatic heterocycles. The lowest BCUT2D eigenvalue weighted by atomic mass is 9.94. The molecule has 0 amide bonds. The van der Waals surface area contributed by atoms with Gasteiger partial charge >= 0.3 is 11.9 Å². The summed E-state index contributed by atoms with van der Waals surface area (Å²) < 4.78 is 32.0. The number of ether oxygens (including phenoxy) is 1. The molecule has 1 unspecified atom stereocenters. The molecule has 1 aromatic carbocycles. The van der Waals surface area contributed by atoms with Gasteiger partial charge in [-0.1, -0.05) is 6.07 Å². The van der Waals surface area contributed by atoms with Gasteiger partial charge in [0.1, 0.15) is 5.75 Å². The van der Waals surface area contributed by atoms with Gasteiger partial charge in [-0.2, -0.15) is 8.78 Å². The number of methoxy groups -OCH3 is 1. The standard InChI is InChI=1S/C12H12F2O3/c1-17-8-4-2-7-3-5-10(9(7)6-8)12(13,14)11(15)16/h2,4,6,10H,3,5H2,1H3,(H,15,16). The Labute approximate surface area is 97.0 Å². The van der Waals surface area contributed by atoms with Crippen LogP contribution in [0.4, 0.5) is 8.78 Å². The Morgan fingerprint density at radius 2 is 2.24 bits per heavy atom. The summed E-state index contributed by atoms with van der Waals surface area (Å²) in [6, 6.07) is 4.91. The van der Waals surface area contributed by atoms with E-state index in [1.54, 1.807) is 12.1 Å². The molecule has 0 heterocycles. The van der Waals surface area contributed by atoms with Gasteiger partial charge < -0.3 is 9.84 Å². The number of hydrogen-bond donors (Lipinski definition) is 1. The lowest BCUT2D eigenvalue weighted by Gasteiger charge is -2.20. The van der Waals surface area contributed by atoms with Crippen molar-refractivity contribution in [3.8, 4) is 5.75 Å². The van der Waals surface area contributed by atoms with E-state index in [1.165, 1.54) is 13.2 Å². The highest BCUT2D eigenvalue weighted by Gasteiger charge is 2.50. The van der Waals surface area contributed by atoms with Gasteiger partial charge in [0.15, 0.2) is 0 Å². The van der Waals surface area contributed by atoms with Gasteiger partial charge in [-0.3, -0.25) is 0 Å². The molecule has 1 atom stereocenters. The Hall–Kier alpha value is -1.65. The number of halogens is 2. The lowest BCUT2D eigenvalue weighted by molar-refractivity contribution is -0.168. The molecule has 0 bridgehead atoms. The third kappa shape index (κ3) is 1.85. The smallest absolute Gasteiger partial charge is 0.375 e. The van der Waals surface area contributed by atoms with Crippen LogP contribution in [-0.2, 0) is 11.2 Å². The third-order valence-corrected chi connectivity index (χ3v) is 3.15. The quantitative estimate of drug-likeness (QED) is 0.885. The molecular weight excluding hydrogens is 230 g/mol. The van der Waals surface area contributed by atoms with E-state index < -0.39 is 17.8 Å². The highest BCUT2D eigenvalue weighted by molar-refractivity contribution is 5.77. The van der Waals surface area contributed by atoms with Crippen molar-refractivity contribution in [3.63, 3.8) is 0 Å². The second kappa shape index (κ2) is 3.98. The summed E-state index contributed by atoms with van der Waals surface area (Å²) in [7, 11) is 1.45. The summed E-state index contributed by atoms with van der Waals surface area (Å²) in [5, 5.41) is 8.57. The first-order chi connectivity index (χ1) is 7.96. The van der Waals surface area contributed by atoms with Crippen LogP contribution in [0.25, 0.3) is 0 Å². The topological polar surface area (TPSA) is 46.5 Å². The summed E-state index contributed by atoms with van der Waals surface area (Å²) >= 11 is 0. The number of hydrogen-bond acceptors (Lipinski definition) is 2. The molecule has 1 aliphatic rings. The van der Waals surface area contributed by atoms with Gasteiger partial charge in [-0.25, -0.2) is 4.79 Å². The molecule has 0 spiro atoms. The maximum absolute atomic E-state index is 13.5. The molecule has 2 rings (SSSR count). The summed E-state index contributed by atoms with van der Waals surface area (Å²) in [5.74, 6) is -6.59. The van der Waals surface area contributed by atoms with E-state index in [0.29, 0.717) is 17.7 Å². The number of rotatable bonds is 3. The van der Waals surface area contributed by atoms with Crippen LogP contribution in [-0.4, -0.2) is 24.1 Å². The van der Waals surface area contributed by atoms with Crippen LogP contribution in [0.2, 0.25) is 0 Å². The van der Waals surface area contributed by atoms with E-state index in [-0.39, 0.29) is 6.42 Å². The van der Waals surface area contributed by atoms with Crippen molar-refractivity contribution in [3.05, 3.63) is 29.3 Å². The summed E-state index contributed by atoms with van der Waals surface area (Å²) in [4.78, 5) is 10.6. The fourth-order valence-electron chi connectivity index (χ4n) is 2.23. The van der Waals surface area contributed by atoms with Gasteiger partial charge in [0.05, 0.1) is 13.0 Å². The molecule has 17 heavy (non-hydrogen) atoms. The molecule has 1 aromatic rings. The van der Waals surface area contributed by atoms with Crippen molar-refractivity contribution in [1.29, 1.82) is 0 Å². The van der Waals surface area contributed by atoms with E-state index in [0.717, 1.165) is 5.56 Å². The Bertz CT molecular complexity index is 457. The van der Waals surface area contributed by atoms with Gasteiger partial charge in [-0.05, 0) is 36.1 Å². The molecule has 0 radical (unpaired) electrons. The van der Waals surface area contributed by atoms with Crippen LogP contribution >= 0.6 is 0 Å². The first-order valence-electron chi connectivity index (χ1n) is 5.25. The Morgan fingerprint density at radius 1 is 1.53 bits per heavy atom. The predicted octanol–water partition coefficient (Wildman–Crippen LogP) is 2.44. The molecule has 0 saturated carbocycles. The minimum absolute atomic E-state index is 0.155. The Kier molecular flexibility index (Phi) is 2.77. The molecule has 0 fully saturated rings. The molecule has 0 saturated heterocycles. The van der Waals surface area contributed by atoms with E-state index in [9.17, 15) is 13.6 Å². The second-order valence-electron chi connectivity index (χ2n) is 4.08. The number of aliphatic carboxylic acids is 1. The number of alkyl halides is 2. The maximum atomic E-state index is 13.5. The highest BCUT2D eigenvalue weighted by Crippen LogP contribution is 2.44. The van der Waals surface area contributed by atoms with Crippen molar-refractivity contribution < 1.29 is 23.4 Å². The first kappa shape index (κ1) is 11.8. The van der Waals surface area contributed by atoms with Gasteiger partial charge in [0, 0.05) is 0 Å². The molecule has 1 aliphatic carbocycles. The fraction of sp³-hybridized carbons (Fsp3) is 0.417. The molecule has 1 N–H and O–H groups in total. The van der Waals surface area contributed by atoms with E-state index in [2.05, 4.69) is 0 Å². The third-order valence-electron chi connectivity index (χ3n) is 3.15. The van der Waals surface area contributed by atoms with Crippen LogP contribution in [0.3, 0.4) is 0 Å². The van der Waals surface area contributed by atoms with Crippen LogP contribution < -0.4 is 4.74 Å². The summed E-state index contributed by atoms with van der Waals surface area (Å²) in [6.45, 7) is 0. The zero-order valence-corrected chi connectivity index (χ0v) is 9.24. The molecule has 3 nitrogen and oxygen atoms in total. The van der Waals surface area contributed by atoms with E-state index in [4.69, 9.17) is 9.84 Å². The fourth-order valence-corrected chi connectivity index (χ4v) is 2.23. The van der Waals surface area contributed by atoms with Crippen molar-refractivity contribution in [2.24, 2.45) is 0 Å². The van der Waals surface area contributed by atoms with Gasteiger partial charge in [0.2, 0.25) is 0 Å². The normalized spacial score (nSPS) is 18.9. The number of fused-ring (bicyclic) bond motifs is 1. The summed E-state index contributed by atoms with van der Waals surface area (Å²) in [5.41, 5.74) is 1.16. The molecule has 5 heteroatoms. The van der Waals surface area contributed by atoms with Crippen LogP contribution in [0.1, 0.15) is 23.5 Å². The summed E-state index contributed by atoms with van der Waals surface area (Å²) in [6.07, 6.45) is 0.634. The van der Waals surface area contributed by atoms with Crippen LogP contribution in [0.15, 0.2) is 18.2 Å². The number of aryl methyl sites for hydroxylation is 1. The zero-order chi connectivity index (χ0) is 12.6. The number of benzene rings is 1. The Balaban J connectivity index is 2.42. The number of carboxylic acids is 1. The average molecular weight is 242 g/mol. The monoisotopic (exact) mass is 242 g/mol. The maximum Gasteiger partial charge on any atom is 0.375 e. The lowest BCUT2D eigenvalue weighted by Crippen LogP contribution is -2.34. The number of carbonyl (C=O) groups is 1. The van der Waals surface area contributed by atoms with Crippen molar-refractivity contribution >= 4 is 5.97 Å². The SMILES string of the molecule is COc1ccc2c(c1)C(C(F)(F)C(=O)O)CC2. The molecule has 92 valence electrons. The highest BCUT2D eigenvalue weighted by atomic mass is 19.3. The zero-order valence-electron chi connectivity index (χ0n) is 9.24. The second-order valence-corrected chi connectivity index (χ2v) is 4.08. The van der Waals surface area contributed by atoms with Gasteiger partial charge in [-0.15, -0.1) is 0 Å². The number of carboxylic acid groups (broad SMARTS) is 1. The molecular formula is C12H12F2O3. The van der Waals surface area contributed by atoms with Crippen molar-refractivity contribution in [1.82, 2.24) is 0 Å². The van der Waals surface area contributed by atoms with E-state index in [1.807, 2.05) is 0 Å². The van der Waals surface area contributed by atoms with Crippen molar-refractivity contribution in [2.45, 2.75) is 24.7 Å². The Morgan fingerprint density at radius 3 is 2.82 bits per heavy atom. The van der Waals surface area contributed by atoms with Crippen molar-refractivity contribution in [2.75, 3.05) is 7.11 Å². The largest absolute Gasteiger partial charge is 0.497 e. The van der Waals surface area contributed by atoms with E-state index >= 15 is 0 Å². The average Bonchev–Trinajstić information content (AvgIpc) is 2.71. The predicted molar refractivity (Wildman–Crippen MR) is 56.6 cm³/mol. The molecule has 0 aliphatic heterocycles. The first-order valence-corrected chi connectivity index (χ1v) is 5.25. The minimum atomic E-state index is -3.72. The van der Waals surface area contributed by atoms with Crippen LogP contribution in [0, 0.1) is 0 Å². The van der Waals surface area contributed by atoms with Gasteiger partial charge in [0.25, 0.3) is 0 Å². The minimum Gasteiger partial charge on any atom is -0.497 e.